The van der Waals surface area contributed by atoms with Crippen LogP contribution in [-0.2, 0) is 25.3 Å². The van der Waals surface area contributed by atoms with Gasteiger partial charge in [-0.3, -0.25) is 18.7 Å². The van der Waals surface area contributed by atoms with Crippen molar-refractivity contribution in [1.82, 2.24) is 19.1 Å². The number of anilines is 1. The molecule has 1 aliphatic heterocycles. The molecule has 33 heavy (non-hydrogen) atoms. The van der Waals surface area contributed by atoms with Crippen LogP contribution in [0.4, 0.5) is 5.69 Å². The Hall–Kier alpha value is -3.72. The summed E-state index contributed by atoms with van der Waals surface area (Å²) < 4.78 is 2.38. The van der Waals surface area contributed by atoms with E-state index in [0.717, 1.165) is 27.8 Å². The fourth-order valence-corrected chi connectivity index (χ4v) is 4.95. The van der Waals surface area contributed by atoms with Crippen molar-refractivity contribution in [3.63, 3.8) is 0 Å². The van der Waals surface area contributed by atoms with Gasteiger partial charge in [-0.1, -0.05) is 60.3 Å². The first kappa shape index (κ1) is 21.1. The summed E-state index contributed by atoms with van der Waals surface area (Å²) in [6.07, 6.45) is 0.823. The SMILES string of the molecule is Cn1c(=O)c2c(SCC(=O)N3CCc4ccccc43)nc(-c3ccccc3)nc2n(C)c1=O. The Balaban J connectivity index is 1.57. The Labute approximate surface area is 193 Å². The van der Waals surface area contributed by atoms with Crippen LogP contribution in [0.1, 0.15) is 5.56 Å². The second-order valence-electron chi connectivity index (χ2n) is 7.84. The first-order valence-electron chi connectivity index (χ1n) is 10.5. The molecule has 0 radical (unpaired) electrons. The van der Waals surface area contributed by atoms with Crippen LogP contribution >= 0.6 is 11.8 Å². The van der Waals surface area contributed by atoms with Crippen molar-refractivity contribution in [2.24, 2.45) is 14.1 Å². The molecule has 1 amide bonds. The van der Waals surface area contributed by atoms with Gasteiger partial charge in [0.2, 0.25) is 5.91 Å². The minimum absolute atomic E-state index is 0.0559. The molecule has 0 spiro atoms. The summed E-state index contributed by atoms with van der Waals surface area (Å²) in [6, 6.07) is 17.2. The largest absolute Gasteiger partial charge is 0.332 e. The lowest BCUT2D eigenvalue weighted by Gasteiger charge is -2.17. The van der Waals surface area contributed by atoms with Gasteiger partial charge in [-0.25, -0.2) is 14.8 Å². The van der Waals surface area contributed by atoms with E-state index in [1.807, 2.05) is 54.6 Å². The Kier molecular flexibility index (Phi) is 5.33. The van der Waals surface area contributed by atoms with Gasteiger partial charge in [0.15, 0.2) is 11.5 Å². The Bertz CT molecular complexity index is 1510. The van der Waals surface area contributed by atoms with E-state index in [1.165, 1.54) is 23.4 Å². The lowest BCUT2D eigenvalue weighted by atomic mass is 10.2. The number of amides is 1. The number of carbonyl (C=O) groups excluding carboxylic acids is 1. The second-order valence-corrected chi connectivity index (χ2v) is 8.80. The molecule has 0 saturated heterocycles. The molecule has 8 nitrogen and oxygen atoms in total. The third-order valence-electron chi connectivity index (χ3n) is 5.82. The zero-order valence-corrected chi connectivity index (χ0v) is 19.0. The summed E-state index contributed by atoms with van der Waals surface area (Å²) in [5, 5.41) is 0.620. The average molecular weight is 460 g/mol. The minimum atomic E-state index is -0.478. The smallest absolute Gasteiger partial charge is 0.311 e. The van der Waals surface area contributed by atoms with Crippen molar-refractivity contribution >= 4 is 34.4 Å². The highest BCUT2D eigenvalue weighted by atomic mass is 32.2. The fourth-order valence-electron chi connectivity index (χ4n) is 4.06. The normalized spacial score (nSPS) is 12.8. The number of aromatic nitrogens is 4. The molecule has 0 bridgehead atoms. The molecule has 2 aromatic heterocycles. The van der Waals surface area contributed by atoms with Crippen molar-refractivity contribution in [2.45, 2.75) is 11.4 Å². The van der Waals surface area contributed by atoms with E-state index in [9.17, 15) is 14.4 Å². The number of benzene rings is 2. The highest BCUT2D eigenvalue weighted by molar-refractivity contribution is 8.00. The molecular weight excluding hydrogens is 438 g/mol. The van der Waals surface area contributed by atoms with Gasteiger partial charge < -0.3 is 4.90 Å². The first-order chi connectivity index (χ1) is 16.0. The van der Waals surface area contributed by atoms with E-state index in [2.05, 4.69) is 9.97 Å². The Morgan fingerprint density at radius 3 is 2.48 bits per heavy atom. The number of hydrogen-bond acceptors (Lipinski definition) is 6. The molecule has 0 unspecified atom stereocenters. The fraction of sp³-hybridized carbons (Fsp3) is 0.208. The van der Waals surface area contributed by atoms with Gasteiger partial charge in [0.1, 0.15) is 10.4 Å². The summed E-state index contributed by atoms with van der Waals surface area (Å²) in [6.45, 7) is 0.634. The molecule has 0 saturated carbocycles. The topological polar surface area (TPSA) is 90.1 Å². The van der Waals surface area contributed by atoms with E-state index >= 15 is 0 Å². The van der Waals surface area contributed by atoms with Crippen LogP contribution < -0.4 is 16.1 Å². The van der Waals surface area contributed by atoms with Crippen molar-refractivity contribution in [2.75, 3.05) is 17.2 Å². The molecule has 5 rings (SSSR count). The molecule has 0 atom stereocenters. The Morgan fingerprint density at radius 1 is 0.970 bits per heavy atom. The van der Waals surface area contributed by atoms with Gasteiger partial charge in [-0.05, 0) is 18.1 Å². The molecule has 0 N–H and O–H groups in total. The molecule has 4 aromatic rings. The van der Waals surface area contributed by atoms with Crippen molar-refractivity contribution in [3.05, 3.63) is 81.0 Å². The maximum atomic E-state index is 13.1. The van der Waals surface area contributed by atoms with Gasteiger partial charge in [0, 0.05) is 31.9 Å². The molecule has 0 fully saturated rings. The number of carbonyl (C=O) groups is 1. The van der Waals surface area contributed by atoms with Crippen molar-refractivity contribution in [3.8, 4) is 11.4 Å². The van der Waals surface area contributed by atoms with E-state index in [0.29, 0.717) is 17.4 Å². The maximum absolute atomic E-state index is 13.1. The number of thioether (sulfide) groups is 1. The Morgan fingerprint density at radius 2 is 1.70 bits per heavy atom. The number of nitrogens with zero attached hydrogens (tertiary/aromatic N) is 5. The zero-order valence-electron chi connectivity index (χ0n) is 18.2. The monoisotopic (exact) mass is 459 g/mol. The van der Waals surface area contributed by atoms with E-state index in [4.69, 9.17) is 0 Å². The van der Waals surface area contributed by atoms with Crippen LogP contribution in [0.5, 0.6) is 0 Å². The molecule has 9 heteroatoms. The third kappa shape index (κ3) is 3.64. The van der Waals surface area contributed by atoms with E-state index < -0.39 is 11.2 Å². The number of para-hydroxylation sites is 1. The number of hydrogen-bond donors (Lipinski definition) is 0. The zero-order chi connectivity index (χ0) is 23.1. The van der Waals surface area contributed by atoms with E-state index in [-0.39, 0.29) is 22.7 Å². The third-order valence-corrected chi connectivity index (χ3v) is 6.78. The van der Waals surface area contributed by atoms with Crippen LogP contribution in [0.2, 0.25) is 0 Å². The second kappa shape index (κ2) is 8.32. The lowest BCUT2D eigenvalue weighted by molar-refractivity contribution is -0.116. The van der Waals surface area contributed by atoms with Crippen LogP contribution in [0.25, 0.3) is 22.4 Å². The van der Waals surface area contributed by atoms with Crippen LogP contribution in [-0.4, -0.2) is 37.3 Å². The van der Waals surface area contributed by atoms with Gasteiger partial charge in [0.25, 0.3) is 5.56 Å². The summed E-state index contributed by atoms with van der Waals surface area (Å²) in [5.74, 6) is 0.452. The number of aryl methyl sites for hydroxylation is 1. The van der Waals surface area contributed by atoms with Gasteiger partial charge in [-0.15, -0.1) is 0 Å². The first-order valence-corrected chi connectivity index (χ1v) is 11.5. The quantitative estimate of drug-likeness (QED) is 0.344. The van der Waals surface area contributed by atoms with Crippen molar-refractivity contribution in [1.29, 1.82) is 0 Å². The number of rotatable bonds is 4. The highest BCUT2D eigenvalue weighted by Crippen LogP contribution is 2.30. The average Bonchev–Trinajstić information content (AvgIpc) is 3.29. The van der Waals surface area contributed by atoms with Crippen LogP contribution in [0, 0.1) is 0 Å². The molecule has 3 heterocycles. The molecule has 166 valence electrons. The van der Waals surface area contributed by atoms with Crippen LogP contribution in [0.15, 0.2) is 69.2 Å². The summed E-state index contributed by atoms with van der Waals surface area (Å²) in [4.78, 5) is 49.5. The highest BCUT2D eigenvalue weighted by Gasteiger charge is 2.25. The maximum Gasteiger partial charge on any atom is 0.332 e. The van der Waals surface area contributed by atoms with Gasteiger partial charge in [-0.2, -0.15) is 0 Å². The molecule has 0 aliphatic carbocycles. The summed E-state index contributed by atoms with van der Waals surface area (Å²) >= 11 is 1.19. The summed E-state index contributed by atoms with van der Waals surface area (Å²) in [7, 11) is 3.00. The number of fused-ring (bicyclic) bond motifs is 2. The minimum Gasteiger partial charge on any atom is -0.311 e. The van der Waals surface area contributed by atoms with Gasteiger partial charge in [0.05, 0.1) is 5.75 Å². The molecule has 2 aromatic carbocycles. The molecule has 1 aliphatic rings. The predicted molar refractivity (Wildman–Crippen MR) is 129 cm³/mol. The molecular formula is C24H21N5O3S. The van der Waals surface area contributed by atoms with Crippen LogP contribution in [0.3, 0.4) is 0 Å². The van der Waals surface area contributed by atoms with Crippen molar-refractivity contribution < 1.29 is 4.79 Å². The standard InChI is InChI=1S/C24H21N5O3S/c1-27-21-19(23(31)28(2)24(27)32)22(26-20(25-21)16-9-4-3-5-10-16)33-14-18(30)29-13-12-15-8-6-7-11-17(15)29/h3-11H,12-14H2,1-2H3. The van der Waals surface area contributed by atoms with Gasteiger partial charge >= 0.3 is 5.69 Å². The lowest BCUT2D eigenvalue weighted by Crippen LogP contribution is -2.37. The van der Waals surface area contributed by atoms with E-state index in [1.54, 1.807) is 11.9 Å². The predicted octanol–water partition coefficient (Wildman–Crippen LogP) is 2.38. The summed E-state index contributed by atoms with van der Waals surface area (Å²) in [5.41, 5.74) is 2.14.